The van der Waals surface area contributed by atoms with Crippen LogP contribution in [0, 0.1) is 0 Å². The van der Waals surface area contributed by atoms with Gasteiger partial charge in [0.15, 0.2) is 5.03 Å². The molecule has 1 heterocycles. The van der Waals surface area contributed by atoms with E-state index >= 15 is 0 Å². The minimum atomic E-state index is -3.43. The Kier molecular flexibility index (Phi) is 3.80. The average molecular weight is 258 g/mol. The quantitative estimate of drug-likeness (QED) is 0.666. The van der Waals surface area contributed by atoms with E-state index in [4.69, 9.17) is 0 Å². The minimum absolute atomic E-state index is 0.0788. The third kappa shape index (κ3) is 3.79. The molecule has 2 rings (SSSR count). The molecule has 0 unspecified atom stereocenters. The molecule has 6 nitrogen and oxygen atoms in total. The van der Waals surface area contributed by atoms with Gasteiger partial charge in [-0.3, -0.25) is 0 Å². The summed E-state index contributed by atoms with van der Waals surface area (Å²) in [5, 5.41) is 3.41. The summed E-state index contributed by atoms with van der Waals surface area (Å²) in [6, 6.07) is 0.669. The summed E-state index contributed by atoms with van der Waals surface area (Å²) >= 11 is 0. The summed E-state index contributed by atoms with van der Waals surface area (Å²) in [5.41, 5.74) is 0. The van der Waals surface area contributed by atoms with Crippen molar-refractivity contribution in [1.82, 2.24) is 19.6 Å². The minimum Gasteiger partial charge on any atom is -0.339 e. The highest BCUT2D eigenvalue weighted by molar-refractivity contribution is 7.89. The van der Waals surface area contributed by atoms with Crippen LogP contribution in [-0.4, -0.2) is 37.1 Å². The SMILES string of the molecule is Cn1cnc(S(=O)(=O)NCCCNC2CC2)c1. The van der Waals surface area contributed by atoms with Crippen molar-refractivity contribution in [1.29, 1.82) is 0 Å². The standard InChI is InChI=1S/C10H18N4O2S/c1-14-7-10(12-8-14)17(15,16)13-6-2-5-11-9-3-4-9/h7-9,11,13H,2-6H2,1H3. The molecule has 1 aromatic heterocycles. The van der Waals surface area contributed by atoms with Crippen molar-refractivity contribution in [2.45, 2.75) is 30.3 Å². The zero-order valence-electron chi connectivity index (χ0n) is 9.89. The maximum atomic E-state index is 11.7. The molecule has 1 saturated carbocycles. The van der Waals surface area contributed by atoms with Crippen molar-refractivity contribution in [3.8, 4) is 0 Å². The Hall–Kier alpha value is -0.920. The molecule has 0 saturated heterocycles. The first-order valence-corrected chi connectivity index (χ1v) is 7.27. The molecule has 0 spiro atoms. The van der Waals surface area contributed by atoms with E-state index < -0.39 is 10.0 Å². The molecule has 7 heteroatoms. The molecule has 1 fully saturated rings. The van der Waals surface area contributed by atoms with E-state index in [1.165, 1.54) is 25.4 Å². The van der Waals surface area contributed by atoms with Crippen LogP contribution in [0.2, 0.25) is 0 Å². The van der Waals surface area contributed by atoms with Crippen LogP contribution in [0.5, 0.6) is 0 Å². The smallest absolute Gasteiger partial charge is 0.259 e. The van der Waals surface area contributed by atoms with Gasteiger partial charge < -0.3 is 9.88 Å². The van der Waals surface area contributed by atoms with Gasteiger partial charge in [0.2, 0.25) is 0 Å². The fourth-order valence-corrected chi connectivity index (χ4v) is 2.54. The van der Waals surface area contributed by atoms with Crippen molar-refractivity contribution in [3.05, 3.63) is 12.5 Å². The second-order valence-corrected chi connectivity index (χ2v) is 6.07. The van der Waals surface area contributed by atoms with E-state index in [-0.39, 0.29) is 5.03 Å². The van der Waals surface area contributed by atoms with Gasteiger partial charge in [-0.2, -0.15) is 0 Å². The summed E-state index contributed by atoms with van der Waals surface area (Å²) in [4.78, 5) is 3.82. The predicted octanol–water partition coefficient (Wildman–Crippen LogP) is -0.159. The largest absolute Gasteiger partial charge is 0.339 e. The monoisotopic (exact) mass is 258 g/mol. The van der Waals surface area contributed by atoms with E-state index in [1.54, 1.807) is 11.6 Å². The number of rotatable bonds is 7. The fraction of sp³-hybridized carbons (Fsp3) is 0.700. The van der Waals surface area contributed by atoms with Gasteiger partial charge in [-0.15, -0.1) is 0 Å². The van der Waals surface area contributed by atoms with Crippen LogP contribution in [-0.2, 0) is 17.1 Å². The predicted molar refractivity (Wildman–Crippen MR) is 64.0 cm³/mol. The number of nitrogens with zero attached hydrogens (tertiary/aromatic N) is 2. The normalized spacial score (nSPS) is 16.3. The summed E-state index contributed by atoms with van der Waals surface area (Å²) in [7, 11) is -1.69. The van der Waals surface area contributed by atoms with E-state index in [0.717, 1.165) is 13.0 Å². The Morgan fingerprint density at radius 3 is 2.82 bits per heavy atom. The molecular weight excluding hydrogens is 240 g/mol. The molecule has 1 aliphatic rings. The summed E-state index contributed by atoms with van der Waals surface area (Å²) in [6.45, 7) is 1.30. The van der Waals surface area contributed by atoms with E-state index in [0.29, 0.717) is 12.6 Å². The second kappa shape index (κ2) is 5.16. The maximum Gasteiger partial charge on any atom is 0.259 e. The van der Waals surface area contributed by atoms with Gasteiger partial charge in [0.05, 0.1) is 6.33 Å². The molecule has 17 heavy (non-hydrogen) atoms. The van der Waals surface area contributed by atoms with Crippen LogP contribution in [0.15, 0.2) is 17.6 Å². The lowest BCUT2D eigenvalue weighted by Crippen LogP contribution is -2.28. The highest BCUT2D eigenvalue weighted by Gasteiger charge is 2.20. The van der Waals surface area contributed by atoms with Crippen molar-refractivity contribution in [3.63, 3.8) is 0 Å². The van der Waals surface area contributed by atoms with Gasteiger partial charge in [0.25, 0.3) is 10.0 Å². The average Bonchev–Trinajstić information content (AvgIpc) is 2.98. The van der Waals surface area contributed by atoms with Crippen LogP contribution in [0.1, 0.15) is 19.3 Å². The molecule has 2 N–H and O–H groups in total. The van der Waals surface area contributed by atoms with Crippen LogP contribution in [0.3, 0.4) is 0 Å². The third-order valence-corrected chi connectivity index (χ3v) is 3.96. The Bertz CT molecular complexity index is 464. The molecule has 1 aliphatic carbocycles. The number of aryl methyl sites for hydroxylation is 1. The van der Waals surface area contributed by atoms with Gasteiger partial charge in [-0.05, 0) is 25.8 Å². The Labute approximate surface area is 101 Å². The van der Waals surface area contributed by atoms with Crippen molar-refractivity contribution < 1.29 is 8.42 Å². The second-order valence-electron chi connectivity index (χ2n) is 4.36. The lowest BCUT2D eigenvalue weighted by Gasteiger charge is -2.04. The van der Waals surface area contributed by atoms with Crippen molar-refractivity contribution >= 4 is 10.0 Å². The molecule has 0 bridgehead atoms. The van der Waals surface area contributed by atoms with E-state index in [9.17, 15) is 8.42 Å². The zero-order chi connectivity index (χ0) is 12.3. The number of hydrogen-bond donors (Lipinski definition) is 2. The highest BCUT2D eigenvalue weighted by Crippen LogP contribution is 2.18. The Morgan fingerprint density at radius 1 is 1.47 bits per heavy atom. The Balaban J connectivity index is 1.73. The first kappa shape index (κ1) is 12.5. The number of hydrogen-bond acceptors (Lipinski definition) is 4. The van der Waals surface area contributed by atoms with Crippen LogP contribution in [0.4, 0.5) is 0 Å². The number of imidazole rings is 1. The molecule has 0 aliphatic heterocycles. The van der Waals surface area contributed by atoms with Gasteiger partial charge in [0, 0.05) is 25.8 Å². The highest BCUT2D eigenvalue weighted by atomic mass is 32.2. The topological polar surface area (TPSA) is 76.0 Å². The van der Waals surface area contributed by atoms with Crippen LogP contribution in [0.25, 0.3) is 0 Å². The Morgan fingerprint density at radius 2 is 2.24 bits per heavy atom. The number of nitrogens with one attached hydrogen (secondary N) is 2. The maximum absolute atomic E-state index is 11.7. The molecule has 1 aromatic rings. The molecular formula is C10H18N4O2S. The first-order valence-electron chi connectivity index (χ1n) is 5.79. The van der Waals surface area contributed by atoms with Gasteiger partial charge in [0.1, 0.15) is 0 Å². The summed E-state index contributed by atoms with van der Waals surface area (Å²) < 4.78 is 27.6. The van der Waals surface area contributed by atoms with Crippen LogP contribution < -0.4 is 10.0 Å². The fourth-order valence-electron chi connectivity index (χ4n) is 1.49. The van der Waals surface area contributed by atoms with Crippen molar-refractivity contribution in [2.24, 2.45) is 7.05 Å². The van der Waals surface area contributed by atoms with Gasteiger partial charge >= 0.3 is 0 Å². The number of sulfonamides is 1. The molecule has 96 valence electrons. The third-order valence-electron chi connectivity index (χ3n) is 2.61. The summed E-state index contributed by atoms with van der Waals surface area (Å²) in [6.07, 6.45) is 6.26. The van der Waals surface area contributed by atoms with E-state index in [2.05, 4.69) is 15.0 Å². The molecule has 0 amide bonds. The van der Waals surface area contributed by atoms with Gasteiger partial charge in [-0.1, -0.05) is 0 Å². The molecule has 0 aromatic carbocycles. The molecule has 0 atom stereocenters. The zero-order valence-corrected chi connectivity index (χ0v) is 10.7. The van der Waals surface area contributed by atoms with Crippen molar-refractivity contribution in [2.75, 3.05) is 13.1 Å². The van der Waals surface area contributed by atoms with Gasteiger partial charge in [-0.25, -0.2) is 18.1 Å². The first-order chi connectivity index (χ1) is 8.08. The van der Waals surface area contributed by atoms with Crippen LogP contribution >= 0.6 is 0 Å². The summed E-state index contributed by atoms with van der Waals surface area (Å²) in [5.74, 6) is 0. The number of aromatic nitrogens is 2. The molecule has 0 radical (unpaired) electrons. The lowest BCUT2D eigenvalue weighted by atomic mass is 10.4. The van der Waals surface area contributed by atoms with E-state index in [1.807, 2.05) is 0 Å². The lowest BCUT2D eigenvalue weighted by molar-refractivity contribution is 0.570.